The molecule has 158 valence electrons. The Labute approximate surface area is 191 Å². The van der Waals surface area contributed by atoms with Crippen LogP contribution < -0.4 is 0 Å². The molecule has 0 saturated carbocycles. The van der Waals surface area contributed by atoms with E-state index in [2.05, 4.69) is 99.1 Å². The Bertz CT molecular complexity index is 900. The van der Waals surface area contributed by atoms with Gasteiger partial charge < -0.3 is 0 Å². The van der Waals surface area contributed by atoms with Crippen LogP contribution in [0.3, 0.4) is 0 Å². The van der Waals surface area contributed by atoms with E-state index in [9.17, 15) is 0 Å². The lowest BCUT2D eigenvalue weighted by Gasteiger charge is -2.21. The van der Waals surface area contributed by atoms with E-state index in [4.69, 9.17) is 0 Å². The van der Waals surface area contributed by atoms with Gasteiger partial charge in [0, 0.05) is 4.47 Å². The fourth-order valence-electron chi connectivity index (χ4n) is 4.49. The topological polar surface area (TPSA) is 0 Å². The Balaban J connectivity index is 2.05. The van der Waals surface area contributed by atoms with Gasteiger partial charge in [-0.05, 0) is 96.5 Å². The van der Waals surface area contributed by atoms with Crippen LogP contribution in [0.25, 0.3) is 22.3 Å². The molecular weight excluding hydrogens is 428 g/mol. The van der Waals surface area contributed by atoms with E-state index >= 15 is 0 Å². The Morgan fingerprint density at radius 2 is 0.933 bits per heavy atom. The van der Waals surface area contributed by atoms with E-state index in [0.717, 1.165) is 0 Å². The van der Waals surface area contributed by atoms with E-state index in [1.165, 1.54) is 93.1 Å². The van der Waals surface area contributed by atoms with Crippen LogP contribution in [0.4, 0.5) is 0 Å². The predicted octanol–water partition coefficient (Wildman–Crippen LogP) is 9.39. The van der Waals surface area contributed by atoms with Gasteiger partial charge in [-0.15, -0.1) is 0 Å². The van der Waals surface area contributed by atoms with Gasteiger partial charge >= 0.3 is 0 Å². The summed E-state index contributed by atoms with van der Waals surface area (Å²) in [5.74, 6) is 0. The third-order valence-electron chi connectivity index (χ3n) is 6.28. The molecule has 0 amide bonds. The zero-order valence-corrected chi connectivity index (χ0v) is 20.8. The smallest absolute Gasteiger partial charge is 0.0246 e. The summed E-state index contributed by atoms with van der Waals surface area (Å²) in [5.41, 5.74) is 12.2. The highest BCUT2D eigenvalue weighted by Gasteiger charge is 2.18. The van der Waals surface area contributed by atoms with E-state index in [0.29, 0.717) is 0 Å². The SMILES string of the molecule is CCCCc1ccc(-c2c(C)c(Br)c(C)c(-c3ccc(CCCC)cc3)c2C)cc1. The molecule has 30 heavy (non-hydrogen) atoms. The molecule has 0 N–H and O–H groups in total. The molecule has 0 spiro atoms. The monoisotopic (exact) mass is 462 g/mol. The van der Waals surface area contributed by atoms with Gasteiger partial charge in [0.05, 0.1) is 0 Å². The van der Waals surface area contributed by atoms with Crippen molar-refractivity contribution >= 4 is 15.9 Å². The van der Waals surface area contributed by atoms with Gasteiger partial charge in [-0.2, -0.15) is 0 Å². The number of rotatable bonds is 8. The normalized spacial score (nSPS) is 11.1. The summed E-state index contributed by atoms with van der Waals surface area (Å²) in [4.78, 5) is 0. The summed E-state index contributed by atoms with van der Waals surface area (Å²) >= 11 is 3.91. The first kappa shape index (κ1) is 22.8. The highest BCUT2D eigenvalue weighted by molar-refractivity contribution is 9.10. The maximum atomic E-state index is 3.91. The first-order valence-corrected chi connectivity index (χ1v) is 12.2. The van der Waals surface area contributed by atoms with Crippen molar-refractivity contribution in [2.24, 2.45) is 0 Å². The maximum absolute atomic E-state index is 3.91. The number of hydrogen-bond donors (Lipinski definition) is 0. The molecule has 0 fully saturated rings. The number of aryl methyl sites for hydroxylation is 2. The minimum atomic E-state index is 1.17. The Morgan fingerprint density at radius 1 is 0.567 bits per heavy atom. The molecule has 0 heterocycles. The number of benzene rings is 3. The molecule has 3 aromatic carbocycles. The van der Waals surface area contributed by atoms with Crippen molar-refractivity contribution in [2.45, 2.75) is 73.1 Å². The van der Waals surface area contributed by atoms with Crippen LogP contribution in [0.1, 0.15) is 67.3 Å². The largest absolute Gasteiger partial charge is 0.0654 e. The molecule has 0 aliphatic carbocycles. The molecule has 0 aliphatic heterocycles. The van der Waals surface area contributed by atoms with Crippen molar-refractivity contribution in [1.29, 1.82) is 0 Å². The maximum Gasteiger partial charge on any atom is 0.0246 e. The second-order valence-electron chi connectivity index (χ2n) is 8.54. The zero-order valence-electron chi connectivity index (χ0n) is 19.2. The molecule has 0 aromatic heterocycles. The predicted molar refractivity (Wildman–Crippen MR) is 136 cm³/mol. The van der Waals surface area contributed by atoms with Crippen molar-refractivity contribution in [3.05, 3.63) is 80.8 Å². The second kappa shape index (κ2) is 10.4. The lowest BCUT2D eigenvalue weighted by atomic mass is 9.86. The first-order valence-electron chi connectivity index (χ1n) is 11.5. The van der Waals surface area contributed by atoms with Crippen LogP contribution in [0.2, 0.25) is 0 Å². The molecule has 0 unspecified atom stereocenters. The molecule has 1 heteroatoms. The number of unbranched alkanes of at least 4 members (excludes halogenated alkanes) is 2. The van der Waals surface area contributed by atoms with Gasteiger partial charge in [-0.3, -0.25) is 0 Å². The lowest BCUT2D eigenvalue weighted by molar-refractivity contribution is 0.795. The zero-order chi connectivity index (χ0) is 21.7. The van der Waals surface area contributed by atoms with Crippen molar-refractivity contribution in [1.82, 2.24) is 0 Å². The summed E-state index contributed by atoms with van der Waals surface area (Å²) in [7, 11) is 0. The van der Waals surface area contributed by atoms with Gasteiger partial charge in [0.15, 0.2) is 0 Å². The van der Waals surface area contributed by atoms with Crippen LogP contribution in [-0.2, 0) is 12.8 Å². The molecule has 0 atom stereocenters. The number of hydrogen-bond acceptors (Lipinski definition) is 0. The summed E-state index contributed by atoms with van der Waals surface area (Å²) in [6, 6.07) is 18.4. The fourth-order valence-corrected chi connectivity index (χ4v) is 4.89. The van der Waals surface area contributed by atoms with Crippen molar-refractivity contribution in [2.75, 3.05) is 0 Å². The molecule has 0 radical (unpaired) electrons. The lowest BCUT2D eigenvalue weighted by Crippen LogP contribution is -1.98. The van der Waals surface area contributed by atoms with E-state index < -0.39 is 0 Å². The van der Waals surface area contributed by atoms with E-state index in [-0.39, 0.29) is 0 Å². The van der Waals surface area contributed by atoms with Crippen LogP contribution in [0.15, 0.2) is 53.0 Å². The molecular formula is C29H35Br. The van der Waals surface area contributed by atoms with Crippen LogP contribution in [-0.4, -0.2) is 0 Å². The molecule has 3 rings (SSSR count). The Morgan fingerprint density at radius 3 is 1.27 bits per heavy atom. The molecule has 0 saturated heterocycles. The van der Waals surface area contributed by atoms with Crippen LogP contribution in [0.5, 0.6) is 0 Å². The molecule has 3 aromatic rings. The van der Waals surface area contributed by atoms with Gasteiger partial charge in [-0.25, -0.2) is 0 Å². The number of halogens is 1. The van der Waals surface area contributed by atoms with Gasteiger partial charge in [0.25, 0.3) is 0 Å². The summed E-state index contributed by atoms with van der Waals surface area (Å²) in [6.45, 7) is 11.3. The average molecular weight is 464 g/mol. The van der Waals surface area contributed by atoms with Crippen molar-refractivity contribution in [3.8, 4) is 22.3 Å². The quantitative estimate of drug-likeness (QED) is 0.312. The minimum Gasteiger partial charge on any atom is -0.0654 e. The van der Waals surface area contributed by atoms with E-state index in [1.54, 1.807) is 0 Å². The average Bonchev–Trinajstić information content (AvgIpc) is 2.76. The second-order valence-corrected chi connectivity index (χ2v) is 9.33. The highest BCUT2D eigenvalue weighted by atomic mass is 79.9. The van der Waals surface area contributed by atoms with Gasteiger partial charge in [-0.1, -0.05) is 91.1 Å². The Kier molecular flexibility index (Phi) is 7.94. The third-order valence-corrected chi connectivity index (χ3v) is 7.47. The standard InChI is InChI=1S/C29H35Br/c1-6-8-10-23-12-16-25(17-13-23)27-20(3)28(22(5)29(30)21(27)4)26-18-14-24(15-19-26)11-9-7-2/h12-19H,6-11H2,1-5H3. The van der Waals surface area contributed by atoms with Gasteiger partial charge in [0.1, 0.15) is 0 Å². The van der Waals surface area contributed by atoms with Crippen LogP contribution in [0, 0.1) is 20.8 Å². The fraction of sp³-hybridized carbons (Fsp3) is 0.379. The molecule has 0 aliphatic rings. The Hall–Kier alpha value is -1.86. The summed E-state index contributed by atoms with van der Waals surface area (Å²) in [5, 5.41) is 0. The summed E-state index contributed by atoms with van der Waals surface area (Å²) in [6.07, 6.45) is 7.33. The van der Waals surface area contributed by atoms with E-state index in [1.807, 2.05) is 0 Å². The summed E-state index contributed by atoms with van der Waals surface area (Å²) < 4.78 is 1.23. The van der Waals surface area contributed by atoms with Crippen LogP contribution >= 0.6 is 15.9 Å². The van der Waals surface area contributed by atoms with Crippen molar-refractivity contribution in [3.63, 3.8) is 0 Å². The highest BCUT2D eigenvalue weighted by Crippen LogP contribution is 2.42. The minimum absolute atomic E-state index is 1.17. The molecule has 0 nitrogen and oxygen atoms in total. The first-order chi connectivity index (χ1) is 14.5. The van der Waals surface area contributed by atoms with Crippen molar-refractivity contribution < 1.29 is 0 Å². The van der Waals surface area contributed by atoms with Gasteiger partial charge in [0.2, 0.25) is 0 Å². The third kappa shape index (κ3) is 4.89. The molecule has 0 bridgehead atoms.